The second-order valence-corrected chi connectivity index (χ2v) is 6.98. The number of nitrogens with one attached hydrogen (secondary N) is 1. The lowest BCUT2D eigenvalue weighted by molar-refractivity contribution is -0.124. The summed E-state index contributed by atoms with van der Waals surface area (Å²) in [5.74, 6) is -0.162. The number of nitrogens with zero attached hydrogens (tertiary/aromatic N) is 1. The van der Waals surface area contributed by atoms with Crippen LogP contribution in [-0.2, 0) is 9.53 Å². The third-order valence-corrected chi connectivity index (χ3v) is 5.40. The zero-order chi connectivity index (χ0) is 14.9. The molecular formula is C16H29N3O2. The number of hydrogen-bond acceptors (Lipinski definition) is 4. The monoisotopic (exact) mass is 295 g/mol. The molecule has 5 nitrogen and oxygen atoms in total. The lowest BCUT2D eigenvalue weighted by Gasteiger charge is -2.32. The summed E-state index contributed by atoms with van der Waals surface area (Å²) in [5.41, 5.74) is 5.27. The maximum atomic E-state index is 12.0. The minimum absolute atomic E-state index is 0.162. The predicted molar refractivity (Wildman–Crippen MR) is 81.9 cm³/mol. The normalized spacial score (nSPS) is 36.5. The van der Waals surface area contributed by atoms with E-state index < -0.39 is 5.54 Å². The highest BCUT2D eigenvalue weighted by Gasteiger charge is 2.48. The van der Waals surface area contributed by atoms with Crippen LogP contribution < -0.4 is 11.1 Å². The summed E-state index contributed by atoms with van der Waals surface area (Å²) in [7, 11) is 0. The van der Waals surface area contributed by atoms with Gasteiger partial charge in [-0.05, 0) is 51.5 Å². The Balaban J connectivity index is 1.61. The Hall–Kier alpha value is -0.650. The SMILES string of the molecule is CCN(CC1CCCO1)C1CCC(NC2CC2)(C(N)=O)C1. The van der Waals surface area contributed by atoms with Crippen molar-refractivity contribution in [1.82, 2.24) is 10.2 Å². The highest BCUT2D eigenvalue weighted by atomic mass is 16.5. The largest absolute Gasteiger partial charge is 0.377 e. The van der Waals surface area contributed by atoms with Crippen molar-refractivity contribution in [3.63, 3.8) is 0 Å². The van der Waals surface area contributed by atoms with E-state index in [9.17, 15) is 4.79 Å². The highest BCUT2D eigenvalue weighted by Crippen LogP contribution is 2.36. The minimum atomic E-state index is -0.463. The van der Waals surface area contributed by atoms with Crippen LogP contribution >= 0.6 is 0 Å². The molecule has 1 saturated heterocycles. The van der Waals surface area contributed by atoms with E-state index in [1.54, 1.807) is 0 Å². The zero-order valence-corrected chi connectivity index (χ0v) is 13.1. The highest BCUT2D eigenvalue weighted by molar-refractivity contribution is 5.85. The van der Waals surface area contributed by atoms with Gasteiger partial charge in [0, 0.05) is 25.2 Å². The lowest BCUT2D eigenvalue weighted by Crippen LogP contribution is -2.55. The van der Waals surface area contributed by atoms with Crippen molar-refractivity contribution in [2.75, 3.05) is 19.7 Å². The first-order chi connectivity index (χ1) is 10.1. The maximum absolute atomic E-state index is 12.0. The average molecular weight is 295 g/mol. The Morgan fingerprint density at radius 1 is 1.38 bits per heavy atom. The maximum Gasteiger partial charge on any atom is 0.237 e. The van der Waals surface area contributed by atoms with Gasteiger partial charge in [-0.15, -0.1) is 0 Å². The van der Waals surface area contributed by atoms with E-state index in [-0.39, 0.29) is 5.91 Å². The molecule has 0 radical (unpaired) electrons. The van der Waals surface area contributed by atoms with Crippen LogP contribution in [0.2, 0.25) is 0 Å². The number of hydrogen-bond donors (Lipinski definition) is 2. The van der Waals surface area contributed by atoms with E-state index in [2.05, 4.69) is 17.1 Å². The van der Waals surface area contributed by atoms with Crippen LogP contribution in [0.5, 0.6) is 0 Å². The molecule has 0 bridgehead atoms. The van der Waals surface area contributed by atoms with E-state index in [4.69, 9.17) is 10.5 Å². The number of primary amides is 1. The van der Waals surface area contributed by atoms with Gasteiger partial charge >= 0.3 is 0 Å². The van der Waals surface area contributed by atoms with Crippen LogP contribution in [0.25, 0.3) is 0 Å². The smallest absolute Gasteiger partial charge is 0.237 e. The first-order valence-corrected chi connectivity index (χ1v) is 8.56. The van der Waals surface area contributed by atoms with Crippen molar-refractivity contribution in [2.45, 2.75) is 75.6 Å². The van der Waals surface area contributed by atoms with Crippen molar-refractivity contribution < 1.29 is 9.53 Å². The van der Waals surface area contributed by atoms with Crippen LogP contribution in [0.3, 0.4) is 0 Å². The van der Waals surface area contributed by atoms with Gasteiger partial charge in [0.25, 0.3) is 0 Å². The number of rotatable bonds is 7. The third kappa shape index (κ3) is 3.41. The molecule has 0 aromatic carbocycles. The van der Waals surface area contributed by atoms with Crippen molar-refractivity contribution in [1.29, 1.82) is 0 Å². The molecule has 2 saturated carbocycles. The van der Waals surface area contributed by atoms with Gasteiger partial charge < -0.3 is 15.8 Å². The standard InChI is InChI=1S/C16H29N3O2/c1-2-19(11-14-4-3-9-21-14)13-7-8-16(10-13,15(17)20)18-12-5-6-12/h12-14,18H,2-11H2,1H3,(H2,17,20). The number of carbonyl (C=O) groups is 1. The summed E-state index contributed by atoms with van der Waals surface area (Å²) >= 11 is 0. The molecule has 0 spiro atoms. The number of ether oxygens (including phenoxy) is 1. The predicted octanol–water partition coefficient (Wildman–Crippen LogP) is 1.02. The fourth-order valence-corrected chi connectivity index (χ4v) is 3.96. The van der Waals surface area contributed by atoms with Gasteiger partial charge in [-0.2, -0.15) is 0 Å². The number of likely N-dealkylation sites (N-methyl/N-ethyl adjacent to an activating group) is 1. The molecular weight excluding hydrogens is 266 g/mol. The number of amides is 1. The van der Waals surface area contributed by atoms with Gasteiger partial charge in [-0.3, -0.25) is 9.69 Å². The van der Waals surface area contributed by atoms with Gasteiger partial charge in [-0.25, -0.2) is 0 Å². The van der Waals surface area contributed by atoms with E-state index in [1.807, 2.05) is 0 Å². The molecule has 3 rings (SSSR count). The van der Waals surface area contributed by atoms with Gasteiger partial charge in [0.05, 0.1) is 11.6 Å². The van der Waals surface area contributed by atoms with Crippen LogP contribution in [-0.4, -0.2) is 54.2 Å². The van der Waals surface area contributed by atoms with E-state index in [1.165, 1.54) is 25.7 Å². The molecule has 2 aliphatic carbocycles. The molecule has 0 aromatic heterocycles. The van der Waals surface area contributed by atoms with Gasteiger partial charge in [0.15, 0.2) is 0 Å². The third-order valence-electron chi connectivity index (χ3n) is 5.40. The summed E-state index contributed by atoms with van der Waals surface area (Å²) < 4.78 is 5.77. The molecule has 3 unspecified atom stereocenters. The summed E-state index contributed by atoms with van der Waals surface area (Å²) in [6.07, 6.45) is 7.91. The fourth-order valence-electron chi connectivity index (χ4n) is 3.96. The first-order valence-electron chi connectivity index (χ1n) is 8.56. The van der Waals surface area contributed by atoms with Gasteiger partial charge in [0.2, 0.25) is 5.91 Å². The molecule has 21 heavy (non-hydrogen) atoms. The Morgan fingerprint density at radius 2 is 2.19 bits per heavy atom. The lowest BCUT2D eigenvalue weighted by atomic mass is 9.96. The van der Waals surface area contributed by atoms with E-state index in [0.717, 1.165) is 39.0 Å². The van der Waals surface area contributed by atoms with Crippen molar-refractivity contribution in [3.8, 4) is 0 Å². The summed E-state index contributed by atoms with van der Waals surface area (Å²) in [6.45, 7) is 5.12. The van der Waals surface area contributed by atoms with Gasteiger partial charge in [-0.1, -0.05) is 6.92 Å². The Morgan fingerprint density at radius 3 is 2.76 bits per heavy atom. The Bertz CT molecular complexity index is 380. The Kier molecular flexibility index (Phi) is 4.52. The summed E-state index contributed by atoms with van der Waals surface area (Å²) in [4.78, 5) is 14.5. The van der Waals surface area contributed by atoms with Crippen LogP contribution in [0.4, 0.5) is 0 Å². The summed E-state index contributed by atoms with van der Waals surface area (Å²) in [5, 5.41) is 3.54. The molecule has 1 amide bonds. The second kappa shape index (κ2) is 6.23. The molecule has 3 N–H and O–H groups in total. The number of carbonyl (C=O) groups excluding carboxylic acids is 1. The molecule has 120 valence electrons. The van der Waals surface area contributed by atoms with Crippen LogP contribution in [0.15, 0.2) is 0 Å². The molecule has 1 heterocycles. The Labute approximate surface area is 127 Å². The second-order valence-electron chi connectivity index (χ2n) is 6.98. The van der Waals surface area contributed by atoms with Crippen LogP contribution in [0.1, 0.15) is 51.9 Å². The zero-order valence-electron chi connectivity index (χ0n) is 13.1. The first kappa shape index (κ1) is 15.3. The molecule has 5 heteroatoms. The van der Waals surface area contributed by atoms with Crippen molar-refractivity contribution >= 4 is 5.91 Å². The van der Waals surface area contributed by atoms with Crippen molar-refractivity contribution in [3.05, 3.63) is 0 Å². The van der Waals surface area contributed by atoms with Gasteiger partial charge in [0.1, 0.15) is 0 Å². The molecule has 1 aliphatic heterocycles. The van der Waals surface area contributed by atoms with E-state index >= 15 is 0 Å². The van der Waals surface area contributed by atoms with Crippen molar-refractivity contribution in [2.24, 2.45) is 5.73 Å². The fraction of sp³-hybridized carbons (Fsp3) is 0.938. The molecule has 3 aliphatic rings. The average Bonchev–Trinajstić information content (AvgIpc) is 2.96. The topological polar surface area (TPSA) is 67.6 Å². The minimum Gasteiger partial charge on any atom is -0.377 e. The van der Waals surface area contributed by atoms with Crippen LogP contribution in [0, 0.1) is 0 Å². The number of nitrogens with two attached hydrogens (primary N) is 1. The molecule has 3 atom stereocenters. The molecule has 0 aromatic rings. The molecule has 3 fully saturated rings. The van der Waals surface area contributed by atoms with E-state index in [0.29, 0.717) is 18.2 Å². The summed E-state index contributed by atoms with van der Waals surface area (Å²) in [6, 6.07) is 0.974. The quantitative estimate of drug-likeness (QED) is 0.736.